The van der Waals surface area contributed by atoms with Gasteiger partial charge in [-0.3, -0.25) is 9.59 Å². The summed E-state index contributed by atoms with van der Waals surface area (Å²) in [6.45, 7) is 0. The molecule has 0 radical (unpaired) electrons. The zero-order valence-corrected chi connectivity index (χ0v) is 10.1. The van der Waals surface area contributed by atoms with Crippen LogP contribution in [0.25, 0.3) is 0 Å². The van der Waals surface area contributed by atoms with Gasteiger partial charge in [0, 0.05) is 16.9 Å². The molecule has 2 aromatic rings. The lowest BCUT2D eigenvalue weighted by Crippen LogP contribution is -2.12. The van der Waals surface area contributed by atoms with Crippen LogP contribution in [0.3, 0.4) is 0 Å². The highest BCUT2D eigenvalue weighted by atomic mass is 16.2. The van der Waals surface area contributed by atoms with E-state index in [-0.39, 0.29) is 11.8 Å². The van der Waals surface area contributed by atoms with Crippen LogP contribution in [0, 0.1) is 0 Å². The predicted octanol–water partition coefficient (Wildman–Crippen LogP) is 2.43. The maximum Gasteiger partial charge on any atom is 0.255 e. The average Bonchev–Trinajstić information content (AvgIpc) is 2.78. The maximum absolute atomic E-state index is 12.1. The average molecular weight is 252 g/mol. The molecule has 2 amide bonds. The van der Waals surface area contributed by atoms with Crippen molar-refractivity contribution in [1.29, 1.82) is 0 Å². The predicted molar refractivity (Wildman–Crippen MR) is 73.2 cm³/mol. The van der Waals surface area contributed by atoms with E-state index in [9.17, 15) is 9.59 Å². The van der Waals surface area contributed by atoms with Crippen molar-refractivity contribution in [2.45, 2.75) is 6.42 Å². The zero-order chi connectivity index (χ0) is 13.2. The van der Waals surface area contributed by atoms with Gasteiger partial charge in [0.2, 0.25) is 5.91 Å². The number of anilines is 2. The van der Waals surface area contributed by atoms with Gasteiger partial charge in [0.25, 0.3) is 5.91 Å². The molecule has 0 atom stereocenters. The minimum absolute atomic E-state index is 0.0318. The molecule has 2 aromatic carbocycles. The first kappa shape index (κ1) is 11.5. The summed E-state index contributed by atoms with van der Waals surface area (Å²) in [6, 6.07) is 14.5. The third kappa shape index (κ3) is 2.33. The molecule has 0 unspecified atom stereocenters. The summed E-state index contributed by atoms with van der Waals surface area (Å²) >= 11 is 0. The molecule has 0 saturated heterocycles. The lowest BCUT2D eigenvalue weighted by Gasteiger charge is -2.06. The number of carbonyl (C=O) groups excluding carboxylic acids is 2. The van der Waals surface area contributed by atoms with Gasteiger partial charge in [0.05, 0.1) is 6.42 Å². The van der Waals surface area contributed by atoms with E-state index in [1.807, 2.05) is 36.4 Å². The van der Waals surface area contributed by atoms with E-state index in [0.717, 1.165) is 16.9 Å². The van der Waals surface area contributed by atoms with Gasteiger partial charge >= 0.3 is 0 Å². The van der Waals surface area contributed by atoms with Crippen molar-refractivity contribution in [2.24, 2.45) is 0 Å². The number of rotatable bonds is 2. The van der Waals surface area contributed by atoms with E-state index in [1.165, 1.54) is 0 Å². The molecule has 0 bridgehead atoms. The molecule has 19 heavy (non-hydrogen) atoms. The quantitative estimate of drug-likeness (QED) is 0.862. The van der Waals surface area contributed by atoms with Crippen LogP contribution in [0.2, 0.25) is 0 Å². The molecule has 2 N–H and O–H groups in total. The normalized spacial score (nSPS) is 12.7. The van der Waals surface area contributed by atoms with Crippen molar-refractivity contribution >= 4 is 23.2 Å². The molecule has 0 aromatic heterocycles. The van der Waals surface area contributed by atoms with Crippen molar-refractivity contribution in [3.05, 3.63) is 59.7 Å². The number of hydrogen-bond acceptors (Lipinski definition) is 2. The standard InChI is InChI=1S/C15H12N2O2/c18-14-9-10-6-7-11(8-13(10)17-14)15(19)16-12-4-2-1-3-5-12/h1-8H,9H2,(H,16,19)(H,17,18). The van der Waals surface area contributed by atoms with Gasteiger partial charge in [-0.2, -0.15) is 0 Å². The molecule has 0 fully saturated rings. The molecular weight excluding hydrogens is 240 g/mol. The summed E-state index contributed by atoms with van der Waals surface area (Å²) in [5.74, 6) is -0.217. The number of nitrogens with one attached hydrogen (secondary N) is 2. The highest BCUT2D eigenvalue weighted by Crippen LogP contribution is 2.24. The molecular formula is C15H12N2O2. The summed E-state index contributed by atoms with van der Waals surface area (Å²) in [6.07, 6.45) is 0.385. The SMILES string of the molecule is O=C1Cc2ccc(C(=O)Nc3ccccc3)cc2N1. The largest absolute Gasteiger partial charge is 0.326 e. The fourth-order valence-electron chi connectivity index (χ4n) is 2.08. The van der Waals surface area contributed by atoms with E-state index in [1.54, 1.807) is 12.1 Å². The minimum Gasteiger partial charge on any atom is -0.326 e. The summed E-state index contributed by atoms with van der Waals surface area (Å²) in [4.78, 5) is 23.3. The van der Waals surface area contributed by atoms with Crippen molar-refractivity contribution in [3.8, 4) is 0 Å². The van der Waals surface area contributed by atoms with Gasteiger partial charge in [-0.1, -0.05) is 24.3 Å². The molecule has 4 nitrogen and oxygen atoms in total. The Morgan fingerprint density at radius 3 is 2.68 bits per heavy atom. The fraction of sp³-hybridized carbons (Fsp3) is 0.0667. The second-order valence-electron chi connectivity index (χ2n) is 4.42. The van der Waals surface area contributed by atoms with Gasteiger partial charge in [0.1, 0.15) is 0 Å². The number of para-hydroxylation sites is 1. The Kier molecular flexibility index (Phi) is 2.76. The first-order valence-corrected chi connectivity index (χ1v) is 6.01. The van der Waals surface area contributed by atoms with Crippen LogP contribution in [0.5, 0.6) is 0 Å². The third-order valence-corrected chi connectivity index (χ3v) is 3.03. The maximum atomic E-state index is 12.1. The number of hydrogen-bond donors (Lipinski definition) is 2. The van der Waals surface area contributed by atoms with Gasteiger partial charge < -0.3 is 10.6 Å². The van der Waals surface area contributed by atoms with Crippen molar-refractivity contribution < 1.29 is 9.59 Å². The highest BCUT2D eigenvalue weighted by Gasteiger charge is 2.18. The van der Waals surface area contributed by atoms with E-state index in [2.05, 4.69) is 10.6 Å². The number of benzene rings is 2. The fourth-order valence-corrected chi connectivity index (χ4v) is 2.08. The zero-order valence-electron chi connectivity index (χ0n) is 10.1. The Morgan fingerprint density at radius 2 is 1.89 bits per heavy atom. The minimum atomic E-state index is -0.185. The summed E-state index contributed by atoms with van der Waals surface area (Å²) in [5.41, 5.74) is 2.94. The van der Waals surface area contributed by atoms with E-state index < -0.39 is 0 Å². The van der Waals surface area contributed by atoms with Crippen LogP contribution >= 0.6 is 0 Å². The third-order valence-electron chi connectivity index (χ3n) is 3.03. The molecule has 4 heteroatoms. The second kappa shape index (κ2) is 4.57. The molecule has 3 rings (SSSR count). The van der Waals surface area contributed by atoms with Crippen LogP contribution < -0.4 is 10.6 Å². The van der Waals surface area contributed by atoms with Crippen LogP contribution in [0.4, 0.5) is 11.4 Å². The molecule has 1 heterocycles. The monoisotopic (exact) mass is 252 g/mol. The van der Waals surface area contributed by atoms with Crippen LogP contribution in [-0.4, -0.2) is 11.8 Å². The summed E-state index contributed by atoms with van der Waals surface area (Å²) in [7, 11) is 0. The van der Waals surface area contributed by atoms with Gasteiger partial charge in [-0.05, 0) is 29.8 Å². The summed E-state index contributed by atoms with van der Waals surface area (Å²) < 4.78 is 0. The molecule has 0 saturated carbocycles. The lowest BCUT2D eigenvalue weighted by molar-refractivity contribution is -0.115. The van der Waals surface area contributed by atoms with Crippen molar-refractivity contribution in [3.63, 3.8) is 0 Å². The van der Waals surface area contributed by atoms with Gasteiger partial charge in [-0.25, -0.2) is 0 Å². The smallest absolute Gasteiger partial charge is 0.255 e. The van der Waals surface area contributed by atoms with Crippen LogP contribution in [0.1, 0.15) is 15.9 Å². The van der Waals surface area contributed by atoms with Crippen molar-refractivity contribution in [2.75, 3.05) is 10.6 Å². The first-order chi connectivity index (χ1) is 9.22. The van der Waals surface area contributed by atoms with E-state index >= 15 is 0 Å². The Morgan fingerprint density at radius 1 is 1.11 bits per heavy atom. The number of amides is 2. The van der Waals surface area contributed by atoms with Crippen molar-refractivity contribution in [1.82, 2.24) is 0 Å². The van der Waals surface area contributed by atoms with Gasteiger partial charge in [-0.15, -0.1) is 0 Å². The second-order valence-corrected chi connectivity index (χ2v) is 4.42. The molecule has 0 aliphatic carbocycles. The Labute approximate surface area is 110 Å². The molecule has 1 aliphatic rings. The number of fused-ring (bicyclic) bond motifs is 1. The van der Waals surface area contributed by atoms with Crippen LogP contribution in [0.15, 0.2) is 48.5 Å². The van der Waals surface area contributed by atoms with E-state index in [4.69, 9.17) is 0 Å². The Hall–Kier alpha value is -2.62. The molecule has 0 spiro atoms. The highest BCUT2D eigenvalue weighted by molar-refractivity contribution is 6.07. The van der Waals surface area contributed by atoms with Crippen LogP contribution in [-0.2, 0) is 11.2 Å². The topological polar surface area (TPSA) is 58.2 Å². The number of carbonyl (C=O) groups is 2. The Bertz CT molecular complexity index is 650. The summed E-state index contributed by atoms with van der Waals surface area (Å²) in [5, 5.41) is 5.55. The Balaban J connectivity index is 1.82. The first-order valence-electron chi connectivity index (χ1n) is 6.01. The lowest BCUT2D eigenvalue weighted by atomic mass is 10.1. The van der Waals surface area contributed by atoms with Gasteiger partial charge in [0.15, 0.2) is 0 Å². The molecule has 1 aliphatic heterocycles. The molecule has 94 valence electrons. The van der Waals surface area contributed by atoms with E-state index in [0.29, 0.717) is 12.0 Å².